The van der Waals surface area contributed by atoms with Crippen molar-refractivity contribution in [1.82, 2.24) is 4.90 Å². The fourth-order valence-corrected chi connectivity index (χ4v) is 2.70. The molecule has 1 aromatic rings. The van der Waals surface area contributed by atoms with E-state index in [1.54, 1.807) is 4.90 Å². The Labute approximate surface area is 115 Å². The molecule has 1 aromatic carbocycles. The highest BCUT2D eigenvalue weighted by atomic mass is 16.2. The summed E-state index contributed by atoms with van der Waals surface area (Å²) in [4.78, 5) is 16.3. The first-order valence-corrected chi connectivity index (χ1v) is 6.84. The van der Waals surface area contributed by atoms with E-state index < -0.39 is 0 Å². The Bertz CT molecular complexity index is 472. The summed E-state index contributed by atoms with van der Waals surface area (Å²) >= 11 is 0. The number of nitrogens with zero attached hydrogens (tertiary/aromatic N) is 2. The number of hydrogen-bond acceptors (Lipinski definition) is 3. The van der Waals surface area contributed by atoms with E-state index in [9.17, 15) is 4.79 Å². The monoisotopic (exact) mass is 261 g/mol. The molecule has 1 heterocycles. The summed E-state index contributed by atoms with van der Waals surface area (Å²) < 4.78 is 0. The number of carbonyl (C=O) groups is 1. The van der Waals surface area contributed by atoms with Crippen molar-refractivity contribution < 1.29 is 4.79 Å². The first-order valence-electron chi connectivity index (χ1n) is 6.84. The lowest BCUT2D eigenvalue weighted by atomic mass is 10.1. The second-order valence-electron chi connectivity index (χ2n) is 5.28. The summed E-state index contributed by atoms with van der Waals surface area (Å²) in [5.74, 6) is 0.126. The summed E-state index contributed by atoms with van der Waals surface area (Å²) in [5, 5.41) is 0. The van der Waals surface area contributed by atoms with Crippen LogP contribution >= 0.6 is 0 Å². The molecule has 0 bridgehead atoms. The number of aryl methyl sites for hydroxylation is 1. The Morgan fingerprint density at radius 3 is 2.74 bits per heavy atom. The molecule has 1 atom stereocenters. The molecule has 0 saturated carbocycles. The molecule has 2 rings (SSSR count). The smallest absolute Gasteiger partial charge is 0.246 e. The summed E-state index contributed by atoms with van der Waals surface area (Å²) in [6.45, 7) is 6.24. The summed E-state index contributed by atoms with van der Waals surface area (Å²) in [6, 6.07) is 5.99. The largest absolute Gasteiger partial charge is 0.358 e. The topological polar surface area (TPSA) is 49.6 Å². The van der Waals surface area contributed by atoms with E-state index >= 15 is 0 Å². The van der Waals surface area contributed by atoms with Crippen LogP contribution in [-0.2, 0) is 4.79 Å². The average molecular weight is 261 g/mol. The van der Waals surface area contributed by atoms with Crippen molar-refractivity contribution in [1.29, 1.82) is 0 Å². The second kappa shape index (κ2) is 5.61. The Balaban J connectivity index is 2.40. The van der Waals surface area contributed by atoms with Crippen molar-refractivity contribution in [3.05, 3.63) is 29.3 Å². The zero-order valence-corrected chi connectivity index (χ0v) is 12.0. The Morgan fingerprint density at radius 1 is 1.32 bits per heavy atom. The molecular formula is C15H23N3O. The van der Waals surface area contributed by atoms with E-state index in [0.717, 1.165) is 25.2 Å². The quantitative estimate of drug-likeness (QED) is 0.873. The van der Waals surface area contributed by atoms with Gasteiger partial charge in [-0.2, -0.15) is 0 Å². The minimum atomic E-state index is -0.243. The highest BCUT2D eigenvalue weighted by Crippen LogP contribution is 2.26. The number of benzene rings is 1. The third kappa shape index (κ3) is 2.59. The molecule has 1 aliphatic heterocycles. The lowest BCUT2D eigenvalue weighted by molar-refractivity contribution is -0.130. The van der Waals surface area contributed by atoms with Gasteiger partial charge in [0.15, 0.2) is 0 Å². The lowest BCUT2D eigenvalue weighted by Crippen LogP contribution is -2.49. The molecule has 4 heteroatoms. The van der Waals surface area contributed by atoms with Crippen LogP contribution in [0.2, 0.25) is 0 Å². The maximum absolute atomic E-state index is 12.4. The van der Waals surface area contributed by atoms with Gasteiger partial charge in [0.2, 0.25) is 5.91 Å². The van der Waals surface area contributed by atoms with Gasteiger partial charge in [-0.15, -0.1) is 0 Å². The zero-order valence-electron chi connectivity index (χ0n) is 12.0. The zero-order chi connectivity index (χ0) is 14.0. The molecule has 0 aromatic heterocycles. The van der Waals surface area contributed by atoms with Gasteiger partial charge in [-0.1, -0.05) is 12.1 Å². The summed E-state index contributed by atoms with van der Waals surface area (Å²) in [6.07, 6.45) is 0.978. The van der Waals surface area contributed by atoms with Gasteiger partial charge in [-0.3, -0.25) is 4.79 Å². The molecule has 0 aliphatic carbocycles. The number of amides is 1. The van der Waals surface area contributed by atoms with Crippen molar-refractivity contribution in [2.24, 2.45) is 5.73 Å². The number of rotatable bonds is 2. The standard InChI is InChI=1S/C15H23N3O/c1-11-6-4-7-13(12(11)2)18-9-5-8-17(3)15(19)14(18)10-16/h4,6-7,14H,5,8-10,16H2,1-3H3. The van der Waals surface area contributed by atoms with E-state index in [-0.39, 0.29) is 11.9 Å². The van der Waals surface area contributed by atoms with Gasteiger partial charge in [0.1, 0.15) is 6.04 Å². The molecule has 1 amide bonds. The molecule has 1 saturated heterocycles. The van der Waals surface area contributed by atoms with Gasteiger partial charge in [0.05, 0.1) is 0 Å². The van der Waals surface area contributed by atoms with Crippen LogP contribution in [0.4, 0.5) is 5.69 Å². The Kier molecular flexibility index (Phi) is 4.10. The molecule has 1 aliphatic rings. The van der Waals surface area contributed by atoms with Crippen molar-refractivity contribution in [3.8, 4) is 0 Å². The van der Waals surface area contributed by atoms with Crippen molar-refractivity contribution in [2.75, 3.05) is 31.6 Å². The molecule has 104 valence electrons. The minimum absolute atomic E-state index is 0.126. The van der Waals surface area contributed by atoms with Crippen LogP contribution in [0.25, 0.3) is 0 Å². The SMILES string of the molecule is Cc1cccc(N2CCCN(C)C(=O)C2CN)c1C. The number of hydrogen-bond donors (Lipinski definition) is 1. The number of likely N-dealkylation sites (N-methyl/N-ethyl adjacent to an activating group) is 1. The second-order valence-corrected chi connectivity index (χ2v) is 5.28. The highest BCUT2D eigenvalue weighted by molar-refractivity contribution is 5.86. The van der Waals surface area contributed by atoms with E-state index in [1.807, 2.05) is 13.1 Å². The molecule has 1 fully saturated rings. The molecule has 19 heavy (non-hydrogen) atoms. The Morgan fingerprint density at radius 2 is 2.05 bits per heavy atom. The van der Waals surface area contributed by atoms with Crippen LogP contribution < -0.4 is 10.6 Å². The van der Waals surface area contributed by atoms with Gasteiger partial charge >= 0.3 is 0 Å². The Hall–Kier alpha value is -1.55. The molecular weight excluding hydrogens is 238 g/mol. The fraction of sp³-hybridized carbons (Fsp3) is 0.533. The number of anilines is 1. The van der Waals surface area contributed by atoms with Crippen molar-refractivity contribution in [3.63, 3.8) is 0 Å². The van der Waals surface area contributed by atoms with E-state index in [1.165, 1.54) is 11.1 Å². The van der Waals surface area contributed by atoms with Crippen molar-refractivity contribution >= 4 is 11.6 Å². The van der Waals surface area contributed by atoms with E-state index in [0.29, 0.717) is 6.54 Å². The maximum Gasteiger partial charge on any atom is 0.246 e. The molecule has 4 nitrogen and oxygen atoms in total. The van der Waals surface area contributed by atoms with Gasteiger partial charge in [-0.25, -0.2) is 0 Å². The maximum atomic E-state index is 12.4. The van der Waals surface area contributed by atoms with Gasteiger partial charge < -0.3 is 15.5 Å². The predicted molar refractivity (Wildman–Crippen MR) is 78.4 cm³/mol. The van der Waals surface area contributed by atoms with Crippen LogP contribution in [0.3, 0.4) is 0 Å². The summed E-state index contributed by atoms with van der Waals surface area (Å²) in [7, 11) is 1.86. The predicted octanol–water partition coefficient (Wildman–Crippen LogP) is 1.30. The lowest BCUT2D eigenvalue weighted by Gasteiger charge is -2.32. The van der Waals surface area contributed by atoms with Crippen LogP contribution in [0.15, 0.2) is 18.2 Å². The number of carbonyl (C=O) groups excluding carboxylic acids is 1. The first-order chi connectivity index (χ1) is 9.06. The van der Waals surface area contributed by atoms with Crippen LogP contribution in [-0.4, -0.2) is 43.5 Å². The fourth-order valence-electron chi connectivity index (χ4n) is 2.70. The van der Waals surface area contributed by atoms with Crippen LogP contribution in [0.5, 0.6) is 0 Å². The number of nitrogens with two attached hydrogens (primary N) is 1. The minimum Gasteiger partial charge on any atom is -0.358 e. The average Bonchev–Trinajstić information content (AvgIpc) is 2.53. The third-order valence-corrected chi connectivity index (χ3v) is 4.04. The van der Waals surface area contributed by atoms with Gasteiger partial charge in [-0.05, 0) is 37.5 Å². The normalized spacial score (nSPS) is 20.6. The van der Waals surface area contributed by atoms with Gasteiger partial charge in [0.25, 0.3) is 0 Å². The highest BCUT2D eigenvalue weighted by Gasteiger charge is 2.30. The van der Waals surface area contributed by atoms with Crippen LogP contribution in [0.1, 0.15) is 17.5 Å². The molecule has 0 spiro atoms. The van der Waals surface area contributed by atoms with E-state index in [2.05, 4.69) is 30.9 Å². The van der Waals surface area contributed by atoms with Crippen molar-refractivity contribution in [2.45, 2.75) is 26.3 Å². The van der Waals surface area contributed by atoms with E-state index in [4.69, 9.17) is 5.73 Å². The third-order valence-electron chi connectivity index (χ3n) is 4.04. The molecule has 0 radical (unpaired) electrons. The van der Waals surface area contributed by atoms with Crippen LogP contribution in [0, 0.1) is 13.8 Å². The molecule has 1 unspecified atom stereocenters. The molecule has 2 N–H and O–H groups in total. The van der Waals surface area contributed by atoms with Gasteiger partial charge in [0, 0.05) is 32.4 Å². The first kappa shape index (κ1) is 13.9. The summed E-state index contributed by atoms with van der Waals surface area (Å²) in [5.41, 5.74) is 9.47.